The molecule has 27 heavy (non-hydrogen) atoms. The highest BCUT2D eigenvalue weighted by molar-refractivity contribution is 6.09. The summed E-state index contributed by atoms with van der Waals surface area (Å²) in [5, 5.41) is 16.6. The van der Waals surface area contributed by atoms with E-state index < -0.39 is 0 Å². The fraction of sp³-hybridized carbons (Fsp3) is 0.316. The number of unbranched alkanes of at least 4 members (excludes halogenated alkanes) is 1. The van der Waals surface area contributed by atoms with Crippen molar-refractivity contribution in [3.63, 3.8) is 0 Å². The highest BCUT2D eigenvalue weighted by atomic mass is 35.5. The van der Waals surface area contributed by atoms with Crippen molar-refractivity contribution in [2.75, 3.05) is 32.5 Å². The Bertz CT molecular complexity index is 919. The third-order valence-corrected chi connectivity index (χ3v) is 4.22. The molecule has 0 aliphatic carbocycles. The lowest BCUT2D eigenvalue weighted by atomic mass is 10.1. The Balaban J connectivity index is 0.00000182. The van der Waals surface area contributed by atoms with Gasteiger partial charge in [-0.1, -0.05) is 30.3 Å². The van der Waals surface area contributed by atoms with Crippen LogP contribution in [-0.4, -0.2) is 42.0 Å². The molecule has 0 aliphatic heterocycles. The number of nitrogens with zero attached hydrogens (tertiary/aromatic N) is 3. The maximum Gasteiger partial charge on any atom is 0.295 e. The molecule has 3 aromatic rings. The van der Waals surface area contributed by atoms with Crippen molar-refractivity contribution < 1.29 is 4.92 Å². The molecule has 0 fully saturated rings. The van der Waals surface area contributed by atoms with Crippen LogP contribution in [0.4, 0.5) is 11.4 Å². The number of anilines is 1. The molecule has 0 unspecified atom stereocenters. The van der Waals surface area contributed by atoms with Gasteiger partial charge in [-0.25, -0.2) is 4.98 Å². The number of aromatic nitrogens is 1. The zero-order valence-electron chi connectivity index (χ0n) is 15.3. The van der Waals surface area contributed by atoms with Crippen LogP contribution in [0.15, 0.2) is 42.5 Å². The highest BCUT2D eigenvalue weighted by Gasteiger charge is 2.17. The molecule has 0 amide bonds. The first kappa shape index (κ1) is 22.9. The lowest BCUT2D eigenvalue weighted by Gasteiger charge is -2.14. The van der Waals surface area contributed by atoms with Gasteiger partial charge in [0, 0.05) is 23.4 Å². The van der Waals surface area contributed by atoms with E-state index in [1.165, 1.54) is 6.07 Å². The Morgan fingerprint density at radius 2 is 1.74 bits per heavy atom. The molecule has 6 nitrogen and oxygen atoms in total. The van der Waals surface area contributed by atoms with Crippen LogP contribution in [0.5, 0.6) is 0 Å². The van der Waals surface area contributed by atoms with E-state index in [2.05, 4.69) is 29.3 Å². The first-order valence-corrected chi connectivity index (χ1v) is 8.42. The lowest BCUT2D eigenvalue weighted by molar-refractivity contribution is -0.383. The van der Waals surface area contributed by atoms with Crippen molar-refractivity contribution in [3.05, 3.63) is 52.6 Å². The Labute approximate surface area is 170 Å². The Hall–Kier alpha value is -2.15. The van der Waals surface area contributed by atoms with Crippen LogP contribution < -0.4 is 5.32 Å². The predicted molar refractivity (Wildman–Crippen MR) is 117 cm³/mol. The first-order valence-electron chi connectivity index (χ1n) is 8.42. The van der Waals surface area contributed by atoms with Crippen molar-refractivity contribution in [3.8, 4) is 0 Å². The fourth-order valence-corrected chi connectivity index (χ4v) is 3.00. The van der Waals surface area contributed by atoms with Gasteiger partial charge in [-0.05, 0) is 39.5 Å². The van der Waals surface area contributed by atoms with E-state index in [9.17, 15) is 10.1 Å². The monoisotopic (exact) mass is 410 g/mol. The highest BCUT2D eigenvalue weighted by Crippen LogP contribution is 2.34. The minimum absolute atomic E-state index is 0. The zero-order chi connectivity index (χ0) is 17.8. The number of benzene rings is 2. The van der Waals surface area contributed by atoms with Crippen LogP contribution in [0.3, 0.4) is 0 Å². The van der Waals surface area contributed by atoms with Gasteiger partial charge in [-0.2, -0.15) is 0 Å². The van der Waals surface area contributed by atoms with E-state index in [1.54, 1.807) is 6.07 Å². The van der Waals surface area contributed by atoms with Gasteiger partial charge in [0.1, 0.15) is 0 Å². The summed E-state index contributed by atoms with van der Waals surface area (Å²) < 4.78 is 0. The third-order valence-electron chi connectivity index (χ3n) is 4.22. The van der Waals surface area contributed by atoms with Gasteiger partial charge in [0.2, 0.25) is 0 Å². The number of non-ortho nitro benzene ring substituents is 1. The topological polar surface area (TPSA) is 71.3 Å². The molecule has 0 spiro atoms. The molecule has 1 aromatic heterocycles. The molecule has 3 rings (SSSR count). The number of fused-ring (bicyclic) bond motifs is 2. The predicted octanol–water partition coefficient (Wildman–Crippen LogP) is 4.89. The number of nitro groups is 1. The smallest absolute Gasteiger partial charge is 0.295 e. The van der Waals surface area contributed by atoms with Crippen molar-refractivity contribution in [2.24, 2.45) is 0 Å². The molecule has 1 heterocycles. The molecule has 0 radical (unpaired) electrons. The van der Waals surface area contributed by atoms with Crippen LogP contribution in [0.2, 0.25) is 0 Å². The number of rotatable bonds is 7. The number of nitro benzene ring substituents is 1. The quantitative estimate of drug-likeness (QED) is 0.259. The standard InChI is InChI=1S/C19H22N4O2.2ClH/c1-22(2)13-6-5-12-20-18-14-8-3-4-10-16(14)21-19-15(18)9-7-11-17(19)23(24)25;;/h3-4,7-11H,5-6,12-13H2,1-2H3,(H,20,21);2*1H. The van der Waals surface area contributed by atoms with Gasteiger partial charge in [0.05, 0.1) is 16.1 Å². The van der Waals surface area contributed by atoms with E-state index in [0.717, 1.165) is 47.9 Å². The zero-order valence-corrected chi connectivity index (χ0v) is 17.0. The van der Waals surface area contributed by atoms with Crippen molar-refractivity contribution in [1.29, 1.82) is 0 Å². The Morgan fingerprint density at radius 3 is 2.44 bits per heavy atom. The van der Waals surface area contributed by atoms with Gasteiger partial charge in [0.25, 0.3) is 5.69 Å². The summed E-state index contributed by atoms with van der Waals surface area (Å²) in [6.07, 6.45) is 2.13. The summed E-state index contributed by atoms with van der Waals surface area (Å²) in [6, 6.07) is 12.9. The van der Waals surface area contributed by atoms with Gasteiger partial charge in [-0.3, -0.25) is 10.1 Å². The summed E-state index contributed by atoms with van der Waals surface area (Å²) in [6.45, 7) is 1.87. The summed E-state index contributed by atoms with van der Waals surface area (Å²) >= 11 is 0. The van der Waals surface area contributed by atoms with Gasteiger partial charge in [-0.15, -0.1) is 24.8 Å². The second-order valence-electron chi connectivity index (χ2n) is 6.37. The van der Waals surface area contributed by atoms with Gasteiger partial charge < -0.3 is 10.2 Å². The van der Waals surface area contributed by atoms with E-state index in [1.807, 2.05) is 30.3 Å². The van der Waals surface area contributed by atoms with Gasteiger partial charge in [0.15, 0.2) is 5.52 Å². The molecule has 0 saturated carbocycles. The second kappa shape index (κ2) is 10.3. The van der Waals surface area contributed by atoms with E-state index in [-0.39, 0.29) is 35.4 Å². The molecule has 0 saturated heterocycles. The average Bonchev–Trinajstić information content (AvgIpc) is 2.59. The molecule has 8 heteroatoms. The largest absolute Gasteiger partial charge is 0.384 e. The normalized spacial score (nSPS) is 10.5. The van der Waals surface area contributed by atoms with Crippen molar-refractivity contribution in [1.82, 2.24) is 9.88 Å². The van der Waals surface area contributed by atoms with E-state index in [0.29, 0.717) is 5.52 Å². The lowest BCUT2D eigenvalue weighted by Crippen LogP contribution is -2.14. The minimum Gasteiger partial charge on any atom is -0.384 e. The van der Waals surface area contributed by atoms with E-state index >= 15 is 0 Å². The summed E-state index contributed by atoms with van der Waals surface area (Å²) in [7, 11) is 4.13. The number of hydrogen-bond acceptors (Lipinski definition) is 5. The third kappa shape index (κ3) is 5.19. The minimum atomic E-state index is -0.370. The molecule has 0 bridgehead atoms. The molecule has 146 valence electrons. The van der Waals surface area contributed by atoms with Crippen LogP contribution in [0.1, 0.15) is 12.8 Å². The molecule has 0 atom stereocenters. The number of nitrogens with one attached hydrogen (secondary N) is 1. The van der Waals surface area contributed by atoms with Crippen LogP contribution in [-0.2, 0) is 0 Å². The summed E-state index contributed by atoms with van der Waals surface area (Å²) in [4.78, 5) is 17.7. The number of pyridine rings is 1. The van der Waals surface area contributed by atoms with Crippen molar-refractivity contribution >= 4 is 58.0 Å². The second-order valence-corrected chi connectivity index (χ2v) is 6.37. The fourth-order valence-electron chi connectivity index (χ4n) is 3.00. The number of halogens is 2. The van der Waals surface area contributed by atoms with Crippen molar-refractivity contribution in [2.45, 2.75) is 12.8 Å². The number of hydrogen-bond donors (Lipinski definition) is 1. The van der Waals surface area contributed by atoms with Crippen LogP contribution >= 0.6 is 24.8 Å². The molecule has 1 N–H and O–H groups in total. The first-order chi connectivity index (χ1) is 12.1. The molecular formula is C19H24Cl2N4O2. The number of para-hydroxylation sites is 2. The molecule has 0 aliphatic rings. The average molecular weight is 411 g/mol. The van der Waals surface area contributed by atoms with Crippen LogP contribution in [0, 0.1) is 10.1 Å². The van der Waals surface area contributed by atoms with Crippen LogP contribution in [0.25, 0.3) is 21.8 Å². The Kier molecular flexibility index (Phi) is 8.69. The maximum absolute atomic E-state index is 11.4. The molecule has 2 aromatic carbocycles. The Morgan fingerprint density at radius 1 is 1.04 bits per heavy atom. The van der Waals surface area contributed by atoms with E-state index in [4.69, 9.17) is 0 Å². The molecular weight excluding hydrogens is 387 g/mol. The van der Waals surface area contributed by atoms with Gasteiger partial charge >= 0.3 is 0 Å². The maximum atomic E-state index is 11.4. The SMILES string of the molecule is CN(C)CCCCNc1c2ccccc2nc2c([N+](=O)[O-])cccc12.Cl.Cl. The summed E-state index contributed by atoms with van der Waals surface area (Å²) in [5.74, 6) is 0. The summed E-state index contributed by atoms with van der Waals surface area (Å²) in [5.41, 5.74) is 2.16.